The van der Waals surface area contributed by atoms with E-state index >= 15 is 0 Å². The Balaban J connectivity index is 2.01. The molecule has 0 aliphatic heterocycles. The van der Waals surface area contributed by atoms with E-state index in [2.05, 4.69) is 15.0 Å². The molecule has 0 bridgehead atoms. The first-order chi connectivity index (χ1) is 11.8. The number of hydrogen-bond acceptors (Lipinski definition) is 4. The van der Waals surface area contributed by atoms with Gasteiger partial charge in [0.1, 0.15) is 5.75 Å². The lowest BCUT2D eigenvalue weighted by Gasteiger charge is -2.17. The van der Waals surface area contributed by atoms with Gasteiger partial charge < -0.3 is 14.8 Å². The maximum absolute atomic E-state index is 12.2. The molecule has 1 amide bonds. The molecule has 0 unspecified atom stereocenters. The van der Waals surface area contributed by atoms with Crippen molar-refractivity contribution in [3.63, 3.8) is 0 Å². The average Bonchev–Trinajstić information content (AvgIpc) is 2.59. The van der Waals surface area contributed by atoms with Crippen molar-refractivity contribution in [3.05, 3.63) is 53.7 Å². The second kappa shape index (κ2) is 7.87. The van der Waals surface area contributed by atoms with Gasteiger partial charge >= 0.3 is 6.18 Å². The average molecular weight is 354 g/mol. The minimum absolute atomic E-state index is 0.202. The van der Waals surface area contributed by atoms with E-state index < -0.39 is 18.7 Å². The fourth-order valence-electron chi connectivity index (χ4n) is 2.14. The number of ether oxygens (including phenoxy) is 2. The Hall–Kier alpha value is -2.77. The molecular weight excluding hydrogens is 337 g/mol. The van der Waals surface area contributed by atoms with E-state index in [1.54, 1.807) is 13.0 Å². The van der Waals surface area contributed by atoms with Crippen LogP contribution in [0.1, 0.15) is 28.9 Å². The molecule has 8 heteroatoms. The molecule has 5 nitrogen and oxygen atoms in total. The Kier molecular flexibility index (Phi) is 5.84. The molecule has 2 rings (SSSR count). The second-order valence-electron chi connectivity index (χ2n) is 5.23. The molecule has 1 aromatic carbocycles. The van der Waals surface area contributed by atoms with Crippen LogP contribution in [-0.2, 0) is 0 Å². The van der Waals surface area contributed by atoms with Gasteiger partial charge in [-0.3, -0.25) is 4.79 Å². The minimum Gasteiger partial charge on any atom is -0.496 e. The van der Waals surface area contributed by atoms with E-state index in [4.69, 9.17) is 4.74 Å². The topological polar surface area (TPSA) is 60.5 Å². The molecule has 0 radical (unpaired) electrons. The Labute approximate surface area is 142 Å². The largest absolute Gasteiger partial charge is 0.496 e. The number of para-hydroxylation sites is 1. The van der Waals surface area contributed by atoms with Crippen LogP contribution in [0.5, 0.6) is 11.6 Å². The highest BCUT2D eigenvalue weighted by molar-refractivity contribution is 5.94. The molecule has 25 heavy (non-hydrogen) atoms. The number of benzene rings is 1. The molecule has 0 fully saturated rings. The number of nitrogens with zero attached hydrogens (tertiary/aromatic N) is 1. The van der Waals surface area contributed by atoms with E-state index in [0.29, 0.717) is 5.75 Å². The quantitative estimate of drug-likeness (QED) is 0.862. The van der Waals surface area contributed by atoms with Gasteiger partial charge in [-0.05, 0) is 19.1 Å². The summed E-state index contributed by atoms with van der Waals surface area (Å²) in [5.74, 6) is 0.0317. The molecule has 0 aliphatic carbocycles. The molecule has 1 aromatic heterocycles. The van der Waals surface area contributed by atoms with E-state index in [-0.39, 0.29) is 17.5 Å². The van der Waals surface area contributed by atoms with Crippen molar-refractivity contribution >= 4 is 5.91 Å². The number of rotatable bonds is 6. The van der Waals surface area contributed by atoms with Crippen LogP contribution in [0.4, 0.5) is 13.2 Å². The maximum Gasteiger partial charge on any atom is 0.422 e. The Morgan fingerprint density at radius 2 is 1.96 bits per heavy atom. The van der Waals surface area contributed by atoms with E-state index in [1.165, 1.54) is 19.2 Å². The molecule has 0 spiro atoms. The van der Waals surface area contributed by atoms with Crippen molar-refractivity contribution in [1.82, 2.24) is 10.3 Å². The lowest BCUT2D eigenvalue weighted by molar-refractivity contribution is -0.154. The predicted molar refractivity (Wildman–Crippen MR) is 84.7 cm³/mol. The summed E-state index contributed by atoms with van der Waals surface area (Å²) in [7, 11) is 1.54. The molecule has 1 N–H and O–H groups in total. The Morgan fingerprint density at radius 3 is 2.56 bits per heavy atom. The van der Waals surface area contributed by atoms with E-state index in [1.807, 2.05) is 18.2 Å². The number of pyridine rings is 1. The van der Waals surface area contributed by atoms with Gasteiger partial charge in [0.25, 0.3) is 5.91 Å². The number of methoxy groups -OCH3 is 1. The summed E-state index contributed by atoms with van der Waals surface area (Å²) in [6.07, 6.45) is -3.28. The van der Waals surface area contributed by atoms with Crippen LogP contribution < -0.4 is 14.8 Å². The molecule has 1 heterocycles. The van der Waals surface area contributed by atoms with Crippen LogP contribution in [0.25, 0.3) is 0 Å². The number of hydrogen-bond donors (Lipinski definition) is 1. The van der Waals surface area contributed by atoms with Crippen LogP contribution >= 0.6 is 0 Å². The maximum atomic E-state index is 12.2. The number of amides is 1. The van der Waals surface area contributed by atoms with E-state index in [0.717, 1.165) is 11.8 Å². The summed E-state index contributed by atoms with van der Waals surface area (Å²) in [6.45, 7) is 0.361. The van der Waals surface area contributed by atoms with Gasteiger partial charge in [-0.2, -0.15) is 13.2 Å². The normalized spacial score (nSPS) is 12.4. The van der Waals surface area contributed by atoms with Crippen LogP contribution in [0.15, 0.2) is 42.6 Å². The molecule has 2 aromatic rings. The van der Waals surface area contributed by atoms with Gasteiger partial charge in [-0.15, -0.1) is 0 Å². The summed E-state index contributed by atoms with van der Waals surface area (Å²) < 4.78 is 46.0. The molecular formula is C17H17F3N2O3. The lowest BCUT2D eigenvalue weighted by atomic mass is 10.1. The zero-order chi connectivity index (χ0) is 18.4. The summed E-state index contributed by atoms with van der Waals surface area (Å²) in [4.78, 5) is 16.0. The highest BCUT2D eigenvalue weighted by Crippen LogP contribution is 2.24. The smallest absolute Gasteiger partial charge is 0.422 e. The number of carbonyl (C=O) groups excluding carboxylic acids is 1. The predicted octanol–water partition coefficient (Wildman–Crippen LogP) is 3.52. The molecule has 0 aliphatic rings. The van der Waals surface area contributed by atoms with Crippen LogP contribution in [0.3, 0.4) is 0 Å². The van der Waals surface area contributed by atoms with Crippen molar-refractivity contribution in [1.29, 1.82) is 0 Å². The van der Waals surface area contributed by atoms with Crippen molar-refractivity contribution in [2.24, 2.45) is 0 Å². The standard InChI is InChI=1S/C17H17F3N2O3/c1-11(13-5-3-4-6-14(13)24-2)22-16(23)12-7-8-15(21-9-12)25-10-17(18,19)20/h3-9,11H,10H2,1-2H3,(H,22,23)/t11-/m1/s1. The Bertz CT molecular complexity index is 718. The van der Waals surface area contributed by atoms with Gasteiger partial charge in [0.15, 0.2) is 6.61 Å². The van der Waals surface area contributed by atoms with Gasteiger partial charge in [0, 0.05) is 17.8 Å². The number of nitrogens with one attached hydrogen (secondary N) is 1. The SMILES string of the molecule is COc1ccccc1[C@@H](C)NC(=O)c1ccc(OCC(F)(F)F)nc1. The van der Waals surface area contributed by atoms with E-state index in [9.17, 15) is 18.0 Å². The number of aromatic nitrogens is 1. The summed E-state index contributed by atoms with van der Waals surface area (Å²) in [6, 6.07) is 9.50. The fraction of sp³-hybridized carbons (Fsp3) is 0.294. The first kappa shape index (κ1) is 18.6. The lowest BCUT2D eigenvalue weighted by Crippen LogP contribution is -2.27. The summed E-state index contributed by atoms with van der Waals surface area (Å²) in [5, 5.41) is 2.78. The third-order valence-corrected chi connectivity index (χ3v) is 3.34. The third-order valence-electron chi connectivity index (χ3n) is 3.34. The first-order valence-corrected chi connectivity index (χ1v) is 7.39. The third kappa shape index (κ3) is 5.37. The molecule has 0 saturated heterocycles. The summed E-state index contributed by atoms with van der Waals surface area (Å²) >= 11 is 0. The van der Waals surface area contributed by atoms with Crippen molar-refractivity contribution in [2.75, 3.05) is 13.7 Å². The van der Waals surface area contributed by atoms with Crippen LogP contribution in [0, 0.1) is 0 Å². The monoisotopic (exact) mass is 354 g/mol. The van der Waals surface area contributed by atoms with Crippen molar-refractivity contribution in [3.8, 4) is 11.6 Å². The van der Waals surface area contributed by atoms with Crippen LogP contribution in [0.2, 0.25) is 0 Å². The summed E-state index contributed by atoms with van der Waals surface area (Å²) in [5.41, 5.74) is 1.01. The minimum atomic E-state index is -4.44. The highest BCUT2D eigenvalue weighted by atomic mass is 19.4. The van der Waals surface area contributed by atoms with Gasteiger partial charge in [-0.25, -0.2) is 4.98 Å². The van der Waals surface area contributed by atoms with Crippen molar-refractivity contribution in [2.45, 2.75) is 19.1 Å². The Morgan fingerprint density at radius 1 is 1.24 bits per heavy atom. The fourth-order valence-corrected chi connectivity index (χ4v) is 2.14. The molecule has 134 valence electrons. The number of alkyl halides is 3. The first-order valence-electron chi connectivity index (χ1n) is 7.39. The zero-order valence-corrected chi connectivity index (χ0v) is 13.6. The van der Waals surface area contributed by atoms with Crippen molar-refractivity contribution < 1.29 is 27.4 Å². The van der Waals surface area contributed by atoms with Gasteiger partial charge in [-0.1, -0.05) is 18.2 Å². The van der Waals surface area contributed by atoms with Gasteiger partial charge in [0.05, 0.1) is 18.7 Å². The highest BCUT2D eigenvalue weighted by Gasteiger charge is 2.28. The number of halogens is 3. The van der Waals surface area contributed by atoms with Gasteiger partial charge in [0.2, 0.25) is 5.88 Å². The van der Waals surface area contributed by atoms with Crippen LogP contribution in [-0.4, -0.2) is 30.8 Å². The molecule has 1 atom stereocenters. The number of carbonyl (C=O) groups is 1. The zero-order valence-electron chi connectivity index (χ0n) is 13.6. The second-order valence-corrected chi connectivity index (χ2v) is 5.23. The molecule has 0 saturated carbocycles.